The zero-order valence-corrected chi connectivity index (χ0v) is 21.3. The number of hydrogen-bond acceptors (Lipinski definition) is 4. The minimum atomic E-state index is -0.163. The standard InChI is InChI=1S/C29H36N4O2/c1-20-14-21(2)18-33(17-20)27-15-22(3)25-16-24(10-11-26(25)31-27)30-28(34)12-13-29(35)32(4)19-23-8-6-5-7-9-23/h5-11,15-16,20-21H,12-14,17-19H2,1-4H3,(H,30,34). The molecule has 0 aliphatic carbocycles. The molecule has 1 aliphatic rings. The molecule has 2 heterocycles. The van der Waals surface area contributed by atoms with Crippen molar-refractivity contribution < 1.29 is 9.59 Å². The van der Waals surface area contributed by atoms with Crippen LogP contribution in [-0.4, -0.2) is 41.8 Å². The Morgan fingerprint density at radius 3 is 2.46 bits per heavy atom. The zero-order chi connectivity index (χ0) is 24.9. The molecule has 35 heavy (non-hydrogen) atoms. The van der Waals surface area contributed by atoms with Crippen LogP contribution in [0.15, 0.2) is 54.6 Å². The molecule has 4 rings (SSSR count). The number of aryl methyl sites for hydroxylation is 1. The fourth-order valence-corrected chi connectivity index (χ4v) is 5.05. The predicted octanol–water partition coefficient (Wildman–Crippen LogP) is 5.40. The number of carbonyl (C=O) groups is 2. The van der Waals surface area contributed by atoms with E-state index in [2.05, 4.69) is 37.1 Å². The Balaban J connectivity index is 1.36. The average molecular weight is 473 g/mol. The van der Waals surface area contributed by atoms with Gasteiger partial charge < -0.3 is 15.1 Å². The molecule has 184 valence electrons. The number of nitrogens with one attached hydrogen (secondary N) is 1. The van der Waals surface area contributed by atoms with Crippen LogP contribution in [-0.2, 0) is 16.1 Å². The summed E-state index contributed by atoms with van der Waals surface area (Å²) in [6.07, 6.45) is 1.60. The Bertz CT molecular complexity index is 1180. The monoisotopic (exact) mass is 472 g/mol. The van der Waals surface area contributed by atoms with E-state index >= 15 is 0 Å². The number of hydrogen-bond donors (Lipinski definition) is 1. The van der Waals surface area contributed by atoms with E-state index in [1.807, 2.05) is 48.5 Å². The second-order valence-electron chi connectivity index (χ2n) is 10.2. The van der Waals surface area contributed by atoms with Gasteiger partial charge in [-0.15, -0.1) is 0 Å². The van der Waals surface area contributed by atoms with E-state index in [0.717, 1.165) is 46.6 Å². The number of nitrogens with zero attached hydrogens (tertiary/aromatic N) is 3. The summed E-state index contributed by atoms with van der Waals surface area (Å²) in [4.78, 5) is 34.0. The first-order valence-corrected chi connectivity index (χ1v) is 12.5. The van der Waals surface area contributed by atoms with E-state index in [-0.39, 0.29) is 24.7 Å². The van der Waals surface area contributed by atoms with Crippen molar-refractivity contribution in [1.82, 2.24) is 9.88 Å². The van der Waals surface area contributed by atoms with Crippen molar-refractivity contribution in [2.24, 2.45) is 11.8 Å². The largest absolute Gasteiger partial charge is 0.356 e. The number of rotatable bonds is 7. The zero-order valence-electron chi connectivity index (χ0n) is 21.3. The number of aromatic nitrogens is 1. The summed E-state index contributed by atoms with van der Waals surface area (Å²) >= 11 is 0. The first kappa shape index (κ1) is 24.7. The molecular weight excluding hydrogens is 436 g/mol. The van der Waals surface area contributed by atoms with Crippen LogP contribution in [0.2, 0.25) is 0 Å². The van der Waals surface area contributed by atoms with Crippen LogP contribution in [0, 0.1) is 18.8 Å². The van der Waals surface area contributed by atoms with Crippen molar-refractivity contribution in [1.29, 1.82) is 0 Å². The molecule has 1 aliphatic heterocycles. The van der Waals surface area contributed by atoms with Gasteiger partial charge in [0.1, 0.15) is 5.82 Å². The summed E-state index contributed by atoms with van der Waals surface area (Å²) in [7, 11) is 1.77. The van der Waals surface area contributed by atoms with Crippen LogP contribution in [0.4, 0.5) is 11.5 Å². The third-order valence-electron chi connectivity index (χ3n) is 6.73. The first-order valence-electron chi connectivity index (χ1n) is 12.5. The van der Waals surface area contributed by atoms with E-state index in [1.54, 1.807) is 11.9 Å². The molecule has 0 bridgehead atoms. The molecule has 2 atom stereocenters. The molecule has 6 heteroatoms. The molecule has 1 N–H and O–H groups in total. The molecule has 0 saturated carbocycles. The van der Waals surface area contributed by atoms with Crippen molar-refractivity contribution in [3.63, 3.8) is 0 Å². The van der Waals surface area contributed by atoms with Gasteiger partial charge in [-0.3, -0.25) is 9.59 Å². The summed E-state index contributed by atoms with van der Waals surface area (Å²) in [5, 5.41) is 3.98. The molecule has 3 aromatic rings. The summed E-state index contributed by atoms with van der Waals surface area (Å²) in [6.45, 7) is 9.32. The maximum atomic E-state index is 12.5. The summed E-state index contributed by atoms with van der Waals surface area (Å²) in [6, 6.07) is 17.8. The Kier molecular flexibility index (Phi) is 7.69. The number of anilines is 2. The molecule has 0 radical (unpaired) electrons. The molecular formula is C29H36N4O2. The fraction of sp³-hybridized carbons (Fsp3) is 0.414. The smallest absolute Gasteiger partial charge is 0.224 e. The number of amides is 2. The number of benzene rings is 2. The fourth-order valence-electron chi connectivity index (χ4n) is 5.05. The van der Waals surface area contributed by atoms with Crippen molar-refractivity contribution in [2.45, 2.75) is 46.6 Å². The Hall–Kier alpha value is -3.41. The molecule has 0 spiro atoms. The molecule has 1 fully saturated rings. The van der Waals surface area contributed by atoms with E-state index in [0.29, 0.717) is 18.4 Å². The lowest BCUT2D eigenvalue weighted by atomic mass is 9.92. The topological polar surface area (TPSA) is 65.5 Å². The lowest BCUT2D eigenvalue weighted by Gasteiger charge is -2.36. The minimum absolute atomic E-state index is 0.0450. The molecule has 1 saturated heterocycles. The van der Waals surface area contributed by atoms with Crippen molar-refractivity contribution in [3.05, 3.63) is 65.7 Å². The normalized spacial score (nSPS) is 17.9. The van der Waals surface area contributed by atoms with Gasteiger partial charge in [-0.25, -0.2) is 4.98 Å². The van der Waals surface area contributed by atoms with Crippen LogP contribution in [0.5, 0.6) is 0 Å². The molecule has 2 aromatic carbocycles. The highest BCUT2D eigenvalue weighted by Gasteiger charge is 2.23. The van der Waals surface area contributed by atoms with E-state index in [4.69, 9.17) is 4.98 Å². The predicted molar refractivity (Wildman–Crippen MR) is 142 cm³/mol. The third-order valence-corrected chi connectivity index (χ3v) is 6.73. The van der Waals surface area contributed by atoms with Crippen molar-refractivity contribution in [2.75, 3.05) is 30.4 Å². The molecule has 6 nitrogen and oxygen atoms in total. The third kappa shape index (κ3) is 6.38. The summed E-state index contributed by atoms with van der Waals surface area (Å²) in [5.41, 5.74) is 3.87. The Labute approximate surface area is 208 Å². The Morgan fingerprint density at radius 2 is 1.74 bits per heavy atom. The van der Waals surface area contributed by atoms with Gasteiger partial charge in [-0.1, -0.05) is 44.2 Å². The van der Waals surface area contributed by atoms with Gasteiger partial charge in [0.05, 0.1) is 5.52 Å². The summed E-state index contributed by atoms with van der Waals surface area (Å²) in [5.74, 6) is 2.15. The maximum absolute atomic E-state index is 12.5. The van der Waals surface area contributed by atoms with E-state index < -0.39 is 0 Å². The number of carbonyl (C=O) groups excluding carboxylic acids is 2. The van der Waals surface area contributed by atoms with Crippen molar-refractivity contribution in [3.8, 4) is 0 Å². The second-order valence-corrected chi connectivity index (χ2v) is 10.2. The first-order chi connectivity index (χ1) is 16.8. The summed E-state index contributed by atoms with van der Waals surface area (Å²) < 4.78 is 0. The lowest BCUT2D eigenvalue weighted by molar-refractivity contribution is -0.132. The minimum Gasteiger partial charge on any atom is -0.356 e. The van der Waals surface area contributed by atoms with Crippen LogP contribution in [0.3, 0.4) is 0 Å². The number of fused-ring (bicyclic) bond motifs is 1. The van der Waals surface area contributed by atoms with Crippen LogP contribution < -0.4 is 10.2 Å². The lowest BCUT2D eigenvalue weighted by Crippen LogP contribution is -2.39. The van der Waals surface area contributed by atoms with Crippen molar-refractivity contribution >= 4 is 34.2 Å². The highest BCUT2D eigenvalue weighted by Crippen LogP contribution is 2.29. The SMILES string of the molecule is Cc1cc(N2CC(C)CC(C)C2)nc2ccc(NC(=O)CCC(=O)N(C)Cc3ccccc3)cc12. The second kappa shape index (κ2) is 10.9. The van der Waals surface area contributed by atoms with Crippen LogP contribution in [0.1, 0.15) is 44.2 Å². The number of pyridine rings is 1. The highest BCUT2D eigenvalue weighted by atomic mass is 16.2. The molecule has 2 unspecified atom stereocenters. The van der Waals surface area contributed by atoms with Gasteiger partial charge >= 0.3 is 0 Å². The average Bonchev–Trinajstić information content (AvgIpc) is 2.82. The van der Waals surface area contributed by atoms with Gasteiger partial charge in [0.15, 0.2) is 0 Å². The van der Waals surface area contributed by atoms with Gasteiger partial charge in [-0.2, -0.15) is 0 Å². The highest BCUT2D eigenvalue weighted by molar-refractivity contribution is 5.96. The number of piperidine rings is 1. The molecule has 2 amide bonds. The van der Waals surface area contributed by atoms with Gasteiger partial charge in [0.2, 0.25) is 11.8 Å². The quantitative estimate of drug-likeness (QED) is 0.500. The van der Waals surface area contributed by atoms with Gasteiger partial charge in [-0.05, 0) is 60.6 Å². The van der Waals surface area contributed by atoms with E-state index in [1.165, 1.54) is 6.42 Å². The maximum Gasteiger partial charge on any atom is 0.224 e. The van der Waals surface area contributed by atoms with Crippen LogP contribution in [0.25, 0.3) is 10.9 Å². The molecule has 1 aromatic heterocycles. The van der Waals surface area contributed by atoms with E-state index in [9.17, 15) is 9.59 Å². The van der Waals surface area contributed by atoms with Crippen LogP contribution >= 0.6 is 0 Å². The van der Waals surface area contributed by atoms with Gasteiger partial charge in [0, 0.05) is 50.6 Å². The van der Waals surface area contributed by atoms with Gasteiger partial charge in [0.25, 0.3) is 0 Å². The Morgan fingerprint density at radius 1 is 1.03 bits per heavy atom.